The average Bonchev–Trinajstić information content (AvgIpc) is 1.80. The number of ether oxygens (including phenoxy) is 12. The van der Waals surface area contributed by atoms with Crippen LogP contribution in [0.5, 0.6) is 23.0 Å². The number of benzene rings is 4. The Morgan fingerprint density at radius 2 is 0.908 bits per heavy atom. The molecule has 14 atom stereocenters. The molecule has 4 fully saturated rings. The number of aliphatic hydroxyl groups excluding tert-OH is 3. The minimum Gasteiger partial charge on any atom is -0.497 e. The summed E-state index contributed by atoms with van der Waals surface area (Å²) in [7, 11) is -12.9. The van der Waals surface area contributed by atoms with E-state index < -0.39 is 133 Å². The van der Waals surface area contributed by atoms with E-state index >= 15 is 0 Å². The lowest BCUT2D eigenvalue weighted by molar-refractivity contribution is -0.152. The standard InChI is InChI=1S/C36H53N2O14PS.C31H45N2O12PS.C5H10O3/c1-7-46-34(40)25(5)52-53(42,50-8-2)23-49-28-11-9-26(10-12-28)19-31(37-36(41)51-33-22-48-35-30(33)17-18-47-35)32(39)21-38(20-24(3)4)54(43,44)29-15-13-27(45-6)14-16-29;1-5-44-46(36,37)20-43-24-8-6-22(7-9-24)16-27(32-31(35)45-29-19-42-30-26(29)14-15-41-30)28(34)18-33(17-21(2)3)47(38,39)25-12-10-23(40-4)11-13-25;1-3-8-5(7)4(2)6/h9-16,24-25,30-33,35,39H,7-8,17-23H2,1-6H3,(H,37,41);6-13,21,26-30,34H,5,14-20H2,1-4H3,(H,32,35)(H,36,37);4,6H,3H2,1-2H3/t25-,30-,31-,32+,33-,35+,53?;26-,27-,28+,29-,30+;4-/m000/s1. The first-order valence-corrected chi connectivity index (χ1v) is 42.4. The number of alkyl carbamates (subject to hydrolysis) is 2. The number of hydrogen-bond acceptors (Lipinski definition) is 28. The Balaban J connectivity index is 0.000000311. The molecular weight excluding hydrogens is 1510 g/mol. The number of esters is 2. The summed E-state index contributed by atoms with van der Waals surface area (Å²) in [4.78, 5) is 58.6. The summed E-state index contributed by atoms with van der Waals surface area (Å²) >= 11 is 0. The van der Waals surface area contributed by atoms with Crippen LogP contribution in [0, 0.1) is 23.7 Å². The van der Waals surface area contributed by atoms with Gasteiger partial charge in [0.05, 0.1) is 113 Å². The van der Waals surface area contributed by atoms with E-state index in [1.807, 2.05) is 27.7 Å². The van der Waals surface area contributed by atoms with E-state index in [1.165, 1.54) is 60.9 Å². The Bertz CT molecular complexity index is 3790. The number of amides is 2. The van der Waals surface area contributed by atoms with Crippen molar-refractivity contribution in [1.82, 2.24) is 19.2 Å². The maximum atomic E-state index is 13.8. The molecule has 0 bridgehead atoms. The molecular formula is C72H108N4O29P2S2. The van der Waals surface area contributed by atoms with Gasteiger partial charge >= 0.3 is 39.3 Å². The molecule has 0 saturated carbocycles. The first kappa shape index (κ1) is 91.3. The number of methoxy groups -OCH3 is 2. The van der Waals surface area contributed by atoms with E-state index in [4.69, 9.17) is 70.8 Å². The molecule has 33 nitrogen and oxygen atoms in total. The number of fused-ring (bicyclic) bond motifs is 2. The molecule has 612 valence electrons. The first-order chi connectivity index (χ1) is 51.7. The van der Waals surface area contributed by atoms with Crippen LogP contribution in [-0.2, 0) is 103 Å². The Morgan fingerprint density at radius 3 is 1.27 bits per heavy atom. The highest BCUT2D eigenvalue weighted by molar-refractivity contribution is 7.89. The second-order valence-electron chi connectivity index (χ2n) is 26.6. The van der Waals surface area contributed by atoms with Gasteiger partial charge in [0, 0.05) is 26.2 Å². The maximum Gasteiger partial charge on any atom is 0.407 e. The Labute approximate surface area is 638 Å². The minimum atomic E-state index is -4.07. The molecule has 37 heteroatoms. The predicted octanol–water partition coefficient (Wildman–Crippen LogP) is 7.63. The highest BCUT2D eigenvalue weighted by Gasteiger charge is 2.46. The van der Waals surface area contributed by atoms with Crippen LogP contribution in [0.15, 0.2) is 107 Å². The molecule has 0 aliphatic carbocycles. The Kier molecular flexibility index (Phi) is 36.9. The van der Waals surface area contributed by atoms with Crippen LogP contribution in [0.4, 0.5) is 9.59 Å². The van der Waals surface area contributed by atoms with E-state index in [-0.39, 0.29) is 106 Å². The highest BCUT2D eigenvalue weighted by atomic mass is 32.2. The van der Waals surface area contributed by atoms with Crippen molar-refractivity contribution in [3.8, 4) is 23.0 Å². The lowest BCUT2D eigenvalue weighted by Gasteiger charge is -2.31. The summed E-state index contributed by atoms with van der Waals surface area (Å²) in [6, 6.07) is 23.1. The average molecular weight is 1620 g/mol. The molecule has 4 heterocycles. The van der Waals surface area contributed by atoms with E-state index in [2.05, 4.69) is 15.4 Å². The number of nitrogens with zero attached hydrogens (tertiary/aromatic N) is 2. The van der Waals surface area contributed by atoms with E-state index in [9.17, 15) is 60.3 Å². The second kappa shape index (κ2) is 44.0. The molecule has 0 radical (unpaired) electrons. The molecule has 6 N–H and O–H groups in total. The van der Waals surface area contributed by atoms with Crippen LogP contribution >= 0.6 is 15.2 Å². The quantitative estimate of drug-likeness (QED) is 0.0142. The monoisotopic (exact) mass is 1620 g/mol. The normalized spacial score (nSPS) is 20.9. The minimum absolute atomic E-state index is 0.0276. The van der Waals surface area contributed by atoms with Crippen LogP contribution in [-0.4, -0.2) is 237 Å². The van der Waals surface area contributed by atoms with Gasteiger partial charge in [0.2, 0.25) is 20.0 Å². The van der Waals surface area contributed by atoms with Gasteiger partial charge in [-0.3, -0.25) is 13.7 Å². The Hall–Kier alpha value is -6.60. The molecule has 4 aliphatic heterocycles. The summed E-state index contributed by atoms with van der Waals surface area (Å²) < 4.78 is 163. The lowest BCUT2D eigenvalue weighted by Crippen LogP contribution is -2.51. The fourth-order valence-electron chi connectivity index (χ4n) is 11.7. The molecule has 4 aromatic rings. The molecule has 4 saturated heterocycles. The van der Waals surface area contributed by atoms with Crippen LogP contribution < -0.4 is 29.6 Å². The number of hydrogen-bond donors (Lipinski definition) is 6. The van der Waals surface area contributed by atoms with E-state index in [0.717, 1.165) is 0 Å². The van der Waals surface area contributed by atoms with Crippen molar-refractivity contribution < 1.29 is 136 Å². The van der Waals surface area contributed by atoms with Gasteiger partial charge in [-0.25, -0.2) is 36.0 Å². The third kappa shape index (κ3) is 28.8. The maximum absolute atomic E-state index is 13.8. The van der Waals surface area contributed by atoms with Gasteiger partial charge in [-0.05, 0) is 163 Å². The second-order valence-corrected chi connectivity index (χ2v) is 34.2. The molecule has 8 rings (SSSR count). The summed E-state index contributed by atoms with van der Waals surface area (Å²) in [5.41, 5.74) is 1.31. The molecule has 4 aliphatic rings. The van der Waals surface area contributed by atoms with E-state index in [0.29, 0.717) is 66.8 Å². The van der Waals surface area contributed by atoms with E-state index in [1.54, 1.807) is 100 Å². The van der Waals surface area contributed by atoms with Gasteiger partial charge in [-0.1, -0.05) is 52.0 Å². The fourth-order valence-corrected chi connectivity index (χ4v) is 17.2. The first-order valence-electron chi connectivity index (χ1n) is 36.0. The zero-order valence-corrected chi connectivity index (χ0v) is 67.1. The van der Waals surface area contributed by atoms with Crippen LogP contribution in [0.25, 0.3) is 0 Å². The van der Waals surface area contributed by atoms with Gasteiger partial charge in [0.15, 0.2) is 31.4 Å². The summed E-state index contributed by atoms with van der Waals surface area (Å²) in [6.45, 7) is 18.3. The number of carbonyl (C=O) groups excluding carboxylic acids is 4. The van der Waals surface area contributed by atoms with Crippen LogP contribution in [0.3, 0.4) is 0 Å². The number of nitrogens with one attached hydrogen (secondary N) is 2. The topological polar surface area (TPSA) is 421 Å². The van der Waals surface area contributed by atoms with Gasteiger partial charge < -0.3 is 96.7 Å². The number of sulfonamides is 2. The number of rotatable bonds is 40. The molecule has 4 aromatic carbocycles. The lowest BCUT2D eigenvalue weighted by atomic mass is 10.0. The summed E-state index contributed by atoms with van der Waals surface area (Å²) in [5, 5.41) is 37.2. The van der Waals surface area contributed by atoms with Gasteiger partial charge in [-0.15, -0.1) is 0 Å². The summed E-state index contributed by atoms with van der Waals surface area (Å²) in [5.74, 6) is 0.00417. The van der Waals surface area contributed by atoms with Gasteiger partial charge in [-0.2, -0.15) is 8.61 Å². The van der Waals surface area contributed by atoms with Gasteiger partial charge in [0.25, 0.3) is 0 Å². The third-order valence-corrected chi connectivity index (χ3v) is 23.6. The largest absolute Gasteiger partial charge is 0.497 e. The molecule has 2 amide bonds. The van der Waals surface area contributed by atoms with Crippen LogP contribution in [0.2, 0.25) is 0 Å². The van der Waals surface area contributed by atoms with Crippen molar-refractivity contribution in [2.75, 3.05) is 106 Å². The molecule has 109 heavy (non-hydrogen) atoms. The van der Waals surface area contributed by atoms with Crippen molar-refractivity contribution in [3.05, 3.63) is 108 Å². The zero-order valence-electron chi connectivity index (χ0n) is 63.6. The zero-order chi connectivity index (χ0) is 80.2. The van der Waals surface area contributed by atoms with Crippen molar-refractivity contribution in [3.63, 3.8) is 0 Å². The smallest absolute Gasteiger partial charge is 0.407 e. The predicted molar refractivity (Wildman–Crippen MR) is 395 cm³/mol. The van der Waals surface area contributed by atoms with Gasteiger partial charge in [0.1, 0.15) is 41.3 Å². The summed E-state index contributed by atoms with van der Waals surface area (Å²) in [6.07, 6.45) is -7.84. The molecule has 0 aromatic heterocycles. The highest BCUT2D eigenvalue weighted by Crippen LogP contribution is 2.49. The van der Waals surface area contributed by atoms with Crippen molar-refractivity contribution in [1.29, 1.82) is 0 Å². The Morgan fingerprint density at radius 1 is 0.523 bits per heavy atom. The van der Waals surface area contributed by atoms with Crippen molar-refractivity contribution in [2.24, 2.45) is 23.7 Å². The molecule has 2 unspecified atom stereocenters. The SMILES string of the molecule is CCOC(=O)[C@H](C)O.CCOC(=O)[C@H](C)OP(=O)(COc1ccc(C[C@H](NC(=O)O[C@H]2CO[C@H]3OCC[C@H]32)[C@H](O)CN(CC(C)C)S(=O)(=O)c2ccc(OC)cc2)cc1)OCC.CCOP(=O)(O)COc1ccc(C[C@H](NC(=O)O[C@H]2CO[C@H]3OCC[C@H]32)[C@H](O)CN(CC(C)C)S(=O)(=O)c2ccc(OC)cc2)cc1. The number of carbonyl (C=O) groups is 4. The molecule has 0 spiro atoms. The number of aliphatic hydroxyl groups is 3. The van der Waals surface area contributed by atoms with Crippen molar-refractivity contribution in [2.45, 2.75) is 166 Å². The van der Waals surface area contributed by atoms with Crippen molar-refractivity contribution >= 4 is 59.4 Å². The fraction of sp³-hybridized carbons (Fsp3) is 0.611. The third-order valence-electron chi connectivity index (χ3n) is 17.1. The van der Waals surface area contributed by atoms with Crippen LogP contribution in [0.1, 0.15) is 93.2 Å².